The number of benzene rings is 2. The number of hydrogen-bond donors (Lipinski definition) is 2. The van der Waals surface area contributed by atoms with E-state index in [0.717, 1.165) is 23.1 Å². The first-order valence-corrected chi connectivity index (χ1v) is 8.84. The third-order valence-corrected chi connectivity index (χ3v) is 5.04. The van der Waals surface area contributed by atoms with E-state index < -0.39 is 11.5 Å². The first kappa shape index (κ1) is 16.7. The Kier molecular flexibility index (Phi) is 4.17. The maximum absolute atomic E-state index is 12.7. The van der Waals surface area contributed by atoms with Gasteiger partial charge in [-0.15, -0.1) is 0 Å². The Hall–Kier alpha value is -2.79. The molecule has 0 bridgehead atoms. The van der Waals surface area contributed by atoms with Crippen molar-refractivity contribution in [3.8, 4) is 5.75 Å². The minimum absolute atomic E-state index is 0.187. The molecular formula is C20H17ClN2O3. The Labute approximate surface area is 154 Å². The fraction of sp³-hybridized carbons (Fsp3) is 0.200. The van der Waals surface area contributed by atoms with Crippen LogP contribution in [0.2, 0.25) is 5.02 Å². The van der Waals surface area contributed by atoms with Crippen LogP contribution >= 0.6 is 11.6 Å². The van der Waals surface area contributed by atoms with Gasteiger partial charge in [0.1, 0.15) is 11.3 Å². The molecule has 1 amide bonds. The van der Waals surface area contributed by atoms with E-state index in [0.29, 0.717) is 29.9 Å². The molecule has 132 valence electrons. The van der Waals surface area contributed by atoms with Gasteiger partial charge < -0.3 is 15.0 Å². The SMILES string of the molecule is O=C(NCCc1ccc(Cl)cc1)c1c(O)c2cccc3c2n(c1=O)CC3. The summed E-state index contributed by atoms with van der Waals surface area (Å²) in [4.78, 5) is 25.3. The van der Waals surface area contributed by atoms with Crippen molar-refractivity contribution in [3.05, 3.63) is 74.5 Å². The number of aryl methyl sites for hydroxylation is 2. The number of amides is 1. The van der Waals surface area contributed by atoms with Crippen LogP contribution in [-0.4, -0.2) is 22.1 Å². The number of rotatable bonds is 4. The van der Waals surface area contributed by atoms with Gasteiger partial charge >= 0.3 is 0 Å². The summed E-state index contributed by atoms with van der Waals surface area (Å²) < 4.78 is 1.58. The molecule has 0 aliphatic carbocycles. The molecule has 0 spiro atoms. The lowest BCUT2D eigenvalue weighted by molar-refractivity contribution is 0.0949. The zero-order valence-corrected chi connectivity index (χ0v) is 14.7. The van der Waals surface area contributed by atoms with Gasteiger partial charge in [0.15, 0.2) is 0 Å². The highest BCUT2D eigenvalue weighted by Crippen LogP contribution is 2.31. The lowest BCUT2D eigenvalue weighted by Crippen LogP contribution is -2.33. The van der Waals surface area contributed by atoms with Crippen molar-refractivity contribution in [2.75, 3.05) is 6.54 Å². The maximum Gasteiger partial charge on any atom is 0.267 e. The van der Waals surface area contributed by atoms with Crippen molar-refractivity contribution in [3.63, 3.8) is 0 Å². The molecule has 0 radical (unpaired) electrons. The van der Waals surface area contributed by atoms with E-state index in [-0.39, 0.29) is 11.3 Å². The standard InChI is InChI=1S/C20H17ClN2O3/c21-14-6-4-12(5-7-14)8-10-22-19(25)16-18(24)15-3-1-2-13-9-11-23(17(13)15)20(16)26/h1-7,24H,8-11H2,(H,22,25). The predicted octanol–water partition coefficient (Wildman–Crippen LogP) is 2.89. The fourth-order valence-corrected chi connectivity index (χ4v) is 3.61. The second-order valence-electron chi connectivity index (χ2n) is 6.38. The Morgan fingerprint density at radius 3 is 2.73 bits per heavy atom. The van der Waals surface area contributed by atoms with Crippen LogP contribution in [0.1, 0.15) is 21.5 Å². The number of para-hydroxylation sites is 1. The molecule has 1 aliphatic heterocycles. The van der Waals surface area contributed by atoms with E-state index in [4.69, 9.17) is 11.6 Å². The van der Waals surface area contributed by atoms with E-state index in [1.54, 1.807) is 22.8 Å². The molecule has 0 saturated heterocycles. The first-order valence-electron chi connectivity index (χ1n) is 8.46. The molecule has 0 atom stereocenters. The summed E-state index contributed by atoms with van der Waals surface area (Å²) in [5.74, 6) is -0.793. The molecule has 3 aromatic rings. The fourth-order valence-electron chi connectivity index (χ4n) is 3.49. The Balaban J connectivity index is 1.60. The van der Waals surface area contributed by atoms with Gasteiger partial charge in [0.05, 0.1) is 5.52 Å². The van der Waals surface area contributed by atoms with Crippen LogP contribution in [0.4, 0.5) is 0 Å². The zero-order valence-electron chi connectivity index (χ0n) is 14.0. The van der Waals surface area contributed by atoms with E-state index in [9.17, 15) is 14.7 Å². The largest absolute Gasteiger partial charge is 0.506 e. The number of nitrogens with one attached hydrogen (secondary N) is 1. The van der Waals surface area contributed by atoms with Gasteiger partial charge in [-0.3, -0.25) is 9.59 Å². The highest BCUT2D eigenvalue weighted by atomic mass is 35.5. The lowest BCUT2D eigenvalue weighted by atomic mass is 10.1. The summed E-state index contributed by atoms with van der Waals surface area (Å²) in [7, 11) is 0. The molecule has 5 nitrogen and oxygen atoms in total. The minimum atomic E-state index is -0.551. The van der Waals surface area contributed by atoms with Gasteiger partial charge in [0, 0.05) is 23.5 Å². The van der Waals surface area contributed by atoms with Crippen LogP contribution in [0.25, 0.3) is 10.9 Å². The van der Waals surface area contributed by atoms with Gasteiger partial charge in [0.25, 0.3) is 11.5 Å². The van der Waals surface area contributed by atoms with Gasteiger partial charge in [0.2, 0.25) is 0 Å². The highest BCUT2D eigenvalue weighted by Gasteiger charge is 2.25. The van der Waals surface area contributed by atoms with Crippen molar-refractivity contribution in [2.45, 2.75) is 19.4 Å². The average Bonchev–Trinajstić information content (AvgIpc) is 3.07. The summed E-state index contributed by atoms with van der Waals surface area (Å²) in [6.45, 7) is 0.886. The quantitative estimate of drug-likeness (QED) is 0.743. The third kappa shape index (κ3) is 2.74. The molecule has 4 rings (SSSR count). The minimum Gasteiger partial charge on any atom is -0.506 e. The first-order chi connectivity index (χ1) is 12.6. The van der Waals surface area contributed by atoms with Crippen LogP contribution in [0.5, 0.6) is 5.75 Å². The summed E-state index contributed by atoms with van der Waals surface area (Å²) >= 11 is 5.86. The van der Waals surface area contributed by atoms with Gasteiger partial charge in [-0.05, 0) is 42.2 Å². The molecule has 1 aromatic heterocycles. The second kappa shape index (κ2) is 6.50. The Morgan fingerprint density at radius 1 is 1.19 bits per heavy atom. The summed E-state index contributed by atoms with van der Waals surface area (Å²) in [5.41, 5.74) is 2.14. The molecular weight excluding hydrogens is 352 g/mol. The highest BCUT2D eigenvalue weighted by molar-refractivity contribution is 6.30. The number of carbonyl (C=O) groups excluding carboxylic acids is 1. The maximum atomic E-state index is 12.7. The summed E-state index contributed by atoms with van der Waals surface area (Å²) in [5, 5.41) is 14.5. The molecule has 0 fully saturated rings. The average molecular weight is 369 g/mol. The number of pyridine rings is 1. The summed E-state index contributed by atoms with van der Waals surface area (Å²) in [6, 6.07) is 12.9. The topological polar surface area (TPSA) is 71.3 Å². The normalized spacial score (nSPS) is 12.5. The van der Waals surface area contributed by atoms with Crippen molar-refractivity contribution >= 4 is 28.4 Å². The number of halogens is 1. The molecule has 0 unspecified atom stereocenters. The molecule has 0 saturated carbocycles. The Bertz CT molecular complexity index is 1070. The molecule has 1 aliphatic rings. The number of aromatic hydroxyl groups is 1. The van der Waals surface area contributed by atoms with Gasteiger partial charge in [-0.2, -0.15) is 0 Å². The molecule has 2 aromatic carbocycles. The lowest BCUT2D eigenvalue weighted by Gasteiger charge is -2.11. The van der Waals surface area contributed by atoms with E-state index in [1.807, 2.05) is 24.3 Å². The van der Waals surface area contributed by atoms with Crippen molar-refractivity contribution in [2.24, 2.45) is 0 Å². The van der Waals surface area contributed by atoms with Crippen LogP contribution in [-0.2, 0) is 19.4 Å². The zero-order chi connectivity index (χ0) is 18.3. The van der Waals surface area contributed by atoms with E-state index >= 15 is 0 Å². The van der Waals surface area contributed by atoms with Crippen LogP contribution in [0, 0.1) is 0 Å². The third-order valence-electron chi connectivity index (χ3n) is 4.78. The smallest absolute Gasteiger partial charge is 0.267 e. The van der Waals surface area contributed by atoms with Crippen molar-refractivity contribution < 1.29 is 9.90 Å². The van der Waals surface area contributed by atoms with Crippen LogP contribution < -0.4 is 10.9 Å². The van der Waals surface area contributed by atoms with Crippen molar-refractivity contribution in [1.82, 2.24) is 9.88 Å². The number of aromatic nitrogens is 1. The molecule has 2 heterocycles. The molecule has 26 heavy (non-hydrogen) atoms. The number of nitrogens with zero attached hydrogens (tertiary/aromatic N) is 1. The van der Waals surface area contributed by atoms with Crippen LogP contribution in [0.3, 0.4) is 0 Å². The van der Waals surface area contributed by atoms with Crippen LogP contribution in [0.15, 0.2) is 47.3 Å². The molecule has 6 heteroatoms. The van der Waals surface area contributed by atoms with Gasteiger partial charge in [-0.25, -0.2) is 0 Å². The summed E-state index contributed by atoms with van der Waals surface area (Å²) in [6.07, 6.45) is 1.34. The second-order valence-corrected chi connectivity index (χ2v) is 6.81. The number of carbonyl (C=O) groups is 1. The van der Waals surface area contributed by atoms with Gasteiger partial charge in [-0.1, -0.05) is 35.9 Å². The predicted molar refractivity (Wildman–Crippen MR) is 101 cm³/mol. The van der Waals surface area contributed by atoms with E-state index in [2.05, 4.69) is 5.32 Å². The monoisotopic (exact) mass is 368 g/mol. The Morgan fingerprint density at radius 2 is 1.96 bits per heavy atom. The van der Waals surface area contributed by atoms with E-state index in [1.165, 1.54) is 0 Å². The number of hydrogen-bond acceptors (Lipinski definition) is 3. The molecule has 2 N–H and O–H groups in total. The van der Waals surface area contributed by atoms with Crippen molar-refractivity contribution in [1.29, 1.82) is 0 Å².